The van der Waals surface area contributed by atoms with Crippen molar-refractivity contribution in [2.24, 2.45) is 0 Å². The second kappa shape index (κ2) is 4.80. The van der Waals surface area contributed by atoms with E-state index in [4.69, 9.17) is 11.6 Å². The van der Waals surface area contributed by atoms with Gasteiger partial charge >= 0.3 is 0 Å². The maximum Gasteiger partial charge on any atom is 0.125 e. The van der Waals surface area contributed by atoms with Crippen LogP contribution in [0.3, 0.4) is 0 Å². The zero-order valence-electron chi connectivity index (χ0n) is 8.05. The highest BCUT2D eigenvalue weighted by atomic mass is 79.9. The smallest absolute Gasteiger partial charge is 0.125 e. The van der Waals surface area contributed by atoms with Crippen molar-refractivity contribution in [2.75, 3.05) is 5.32 Å². The molecule has 0 bridgehead atoms. The predicted molar refractivity (Wildman–Crippen MR) is 66.6 cm³/mol. The number of nitrogens with one attached hydrogen (secondary N) is 1. The number of nitrogens with zero attached hydrogens (tertiary/aromatic N) is 1. The van der Waals surface area contributed by atoms with E-state index < -0.39 is 0 Å². The molecule has 0 aliphatic carbocycles. The molecule has 2 nitrogen and oxygen atoms in total. The number of rotatable bonds is 2. The molecule has 0 fully saturated rings. The fourth-order valence-electron chi connectivity index (χ4n) is 1.23. The van der Waals surface area contributed by atoms with Crippen LogP contribution >= 0.6 is 27.5 Å². The van der Waals surface area contributed by atoms with Gasteiger partial charge in [0.2, 0.25) is 0 Å². The SMILES string of the molecule is Fc1ccc(Cl)c(Nc2cncc(Br)c2)c1. The summed E-state index contributed by atoms with van der Waals surface area (Å²) in [7, 11) is 0. The van der Waals surface area contributed by atoms with E-state index in [1.165, 1.54) is 18.2 Å². The van der Waals surface area contributed by atoms with Gasteiger partial charge in [-0.15, -0.1) is 0 Å². The first kappa shape index (κ1) is 11.4. The third kappa shape index (κ3) is 2.71. The van der Waals surface area contributed by atoms with Crippen molar-refractivity contribution in [1.82, 2.24) is 4.98 Å². The maximum atomic E-state index is 13.0. The lowest BCUT2D eigenvalue weighted by Crippen LogP contribution is -1.92. The predicted octanol–water partition coefficient (Wildman–Crippen LogP) is 4.38. The minimum atomic E-state index is -0.338. The van der Waals surface area contributed by atoms with Gasteiger partial charge in [-0.2, -0.15) is 0 Å². The fraction of sp³-hybridized carbons (Fsp3) is 0. The minimum Gasteiger partial charge on any atom is -0.353 e. The number of aromatic nitrogens is 1. The van der Waals surface area contributed by atoms with Crippen LogP contribution in [0.5, 0.6) is 0 Å². The average molecular weight is 302 g/mol. The van der Waals surface area contributed by atoms with Gasteiger partial charge in [0.1, 0.15) is 5.82 Å². The Bertz CT molecular complexity index is 519. The number of hydrogen-bond acceptors (Lipinski definition) is 2. The summed E-state index contributed by atoms with van der Waals surface area (Å²) in [5.74, 6) is -0.338. The Morgan fingerprint density at radius 2 is 2.06 bits per heavy atom. The molecular weight excluding hydrogens is 294 g/mol. The Kier molecular flexibility index (Phi) is 3.41. The molecule has 0 saturated carbocycles. The van der Waals surface area contributed by atoms with Gasteiger partial charge in [-0.25, -0.2) is 4.39 Å². The lowest BCUT2D eigenvalue weighted by molar-refractivity contribution is 0.628. The number of hydrogen-bond donors (Lipinski definition) is 1. The van der Waals surface area contributed by atoms with E-state index >= 15 is 0 Å². The quantitative estimate of drug-likeness (QED) is 0.890. The lowest BCUT2D eigenvalue weighted by atomic mass is 10.3. The molecular formula is C11H7BrClFN2. The van der Waals surface area contributed by atoms with Gasteiger partial charge in [0.15, 0.2) is 0 Å². The second-order valence-electron chi connectivity index (χ2n) is 3.14. The molecule has 0 amide bonds. The Balaban J connectivity index is 2.30. The van der Waals surface area contributed by atoms with Crippen LogP contribution in [-0.2, 0) is 0 Å². The second-order valence-corrected chi connectivity index (χ2v) is 4.46. The van der Waals surface area contributed by atoms with Crippen LogP contribution in [0.15, 0.2) is 41.1 Å². The van der Waals surface area contributed by atoms with Crippen molar-refractivity contribution >= 4 is 38.9 Å². The molecule has 0 aliphatic rings. The normalized spacial score (nSPS) is 10.2. The third-order valence-electron chi connectivity index (χ3n) is 1.91. The molecule has 0 aliphatic heterocycles. The lowest BCUT2D eigenvalue weighted by Gasteiger charge is -2.08. The molecule has 16 heavy (non-hydrogen) atoms. The van der Waals surface area contributed by atoms with E-state index in [2.05, 4.69) is 26.2 Å². The van der Waals surface area contributed by atoms with Crippen LogP contribution in [0.2, 0.25) is 5.02 Å². The van der Waals surface area contributed by atoms with Crippen molar-refractivity contribution in [3.8, 4) is 0 Å². The van der Waals surface area contributed by atoms with Gasteiger partial charge in [0.05, 0.1) is 22.6 Å². The molecule has 1 heterocycles. The van der Waals surface area contributed by atoms with Gasteiger partial charge < -0.3 is 5.32 Å². The summed E-state index contributed by atoms with van der Waals surface area (Å²) in [5, 5.41) is 3.45. The summed E-state index contributed by atoms with van der Waals surface area (Å²) in [4.78, 5) is 3.99. The van der Waals surface area contributed by atoms with Crippen molar-refractivity contribution in [3.63, 3.8) is 0 Å². The zero-order valence-corrected chi connectivity index (χ0v) is 10.4. The van der Waals surface area contributed by atoms with Crippen LogP contribution in [0.4, 0.5) is 15.8 Å². The average Bonchev–Trinajstić information content (AvgIpc) is 2.24. The fourth-order valence-corrected chi connectivity index (χ4v) is 1.76. The molecule has 1 aromatic heterocycles. The minimum absolute atomic E-state index is 0.338. The number of anilines is 2. The highest BCUT2D eigenvalue weighted by Crippen LogP contribution is 2.26. The summed E-state index contributed by atoms with van der Waals surface area (Å²) in [5.41, 5.74) is 1.25. The molecule has 0 atom stereocenters. The van der Waals surface area contributed by atoms with Crippen LogP contribution < -0.4 is 5.32 Å². The summed E-state index contributed by atoms with van der Waals surface area (Å²) in [6, 6.07) is 5.98. The Morgan fingerprint density at radius 3 is 2.81 bits per heavy atom. The standard InChI is InChI=1S/C11H7BrClFN2/c12-7-3-9(6-15-5-7)16-11-4-8(14)1-2-10(11)13/h1-6,16H. The van der Waals surface area contributed by atoms with Crippen molar-refractivity contribution in [1.29, 1.82) is 0 Å². The summed E-state index contributed by atoms with van der Waals surface area (Å²) < 4.78 is 13.8. The third-order valence-corrected chi connectivity index (χ3v) is 2.68. The maximum absolute atomic E-state index is 13.0. The van der Waals surface area contributed by atoms with Gasteiger partial charge in [-0.3, -0.25) is 4.98 Å². The van der Waals surface area contributed by atoms with Gasteiger partial charge in [0, 0.05) is 10.7 Å². The van der Waals surface area contributed by atoms with Gasteiger partial charge in [-0.1, -0.05) is 11.6 Å². The topological polar surface area (TPSA) is 24.9 Å². The van der Waals surface area contributed by atoms with E-state index in [9.17, 15) is 4.39 Å². The van der Waals surface area contributed by atoms with E-state index in [0.717, 1.165) is 10.2 Å². The molecule has 0 radical (unpaired) electrons. The molecule has 0 saturated heterocycles. The van der Waals surface area contributed by atoms with Gasteiger partial charge in [-0.05, 0) is 40.2 Å². The first-order chi connectivity index (χ1) is 7.65. The Hall–Kier alpha value is -1.13. The Labute approximate surface area is 106 Å². The number of pyridine rings is 1. The molecule has 1 N–H and O–H groups in total. The van der Waals surface area contributed by atoms with E-state index in [1.54, 1.807) is 12.4 Å². The monoisotopic (exact) mass is 300 g/mol. The van der Waals surface area contributed by atoms with Crippen LogP contribution in [0.25, 0.3) is 0 Å². The molecule has 0 unspecified atom stereocenters. The van der Waals surface area contributed by atoms with E-state index in [-0.39, 0.29) is 5.82 Å². The first-order valence-electron chi connectivity index (χ1n) is 4.48. The first-order valence-corrected chi connectivity index (χ1v) is 5.65. The largest absolute Gasteiger partial charge is 0.353 e. The highest BCUT2D eigenvalue weighted by Gasteiger charge is 2.03. The van der Waals surface area contributed by atoms with Crippen LogP contribution in [-0.4, -0.2) is 4.98 Å². The Morgan fingerprint density at radius 1 is 1.25 bits per heavy atom. The van der Waals surface area contributed by atoms with Crippen molar-refractivity contribution in [2.45, 2.75) is 0 Å². The molecule has 2 aromatic rings. The molecule has 0 spiro atoms. The molecule has 1 aromatic carbocycles. The molecule has 5 heteroatoms. The summed E-state index contributed by atoms with van der Waals surface area (Å²) in [6.07, 6.45) is 3.30. The van der Waals surface area contributed by atoms with Crippen molar-refractivity contribution < 1.29 is 4.39 Å². The van der Waals surface area contributed by atoms with Gasteiger partial charge in [0.25, 0.3) is 0 Å². The molecule has 2 rings (SSSR count). The zero-order chi connectivity index (χ0) is 11.5. The van der Waals surface area contributed by atoms with Crippen LogP contribution in [0, 0.1) is 5.82 Å². The molecule has 82 valence electrons. The number of benzene rings is 1. The van der Waals surface area contributed by atoms with Crippen molar-refractivity contribution in [3.05, 3.63) is 52.0 Å². The number of halogens is 3. The van der Waals surface area contributed by atoms with Crippen LogP contribution in [0.1, 0.15) is 0 Å². The summed E-state index contributed by atoms with van der Waals surface area (Å²) >= 11 is 9.22. The summed E-state index contributed by atoms with van der Waals surface area (Å²) in [6.45, 7) is 0. The van der Waals surface area contributed by atoms with E-state index in [1.807, 2.05) is 6.07 Å². The van der Waals surface area contributed by atoms with E-state index in [0.29, 0.717) is 10.7 Å². The highest BCUT2D eigenvalue weighted by molar-refractivity contribution is 9.10.